The molecule has 0 radical (unpaired) electrons. The second-order valence-electron chi connectivity index (χ2n) is 5.89. The summed E-state index contributed by atoms with van der Waals surface area (Å²) in [7, 11) is 0. The van der Waals surface area contributed by atoms with Gasteiger partial charge in [-0.3, -0.25) is 4.79 Å². The van der Waals surface area contributed by atoms with Crippen molar-refractivity contribution < 1.29 is 9.18 Å². The molecule has 1 saturated heterocycles. The van der Waals surface area contributed by atoms with E-state index in [9.17, 15) is 9.18 Å². The van der Waals surface area contributed by atoms with E-state index in [1.54, 1.807) is 17.0 Å². The van der Waals surface area contributed by atoms with Crippen molar-refractivity contribution in [2.75, 3.05) is 18.4 Å². The molecule has 1 fully saturated rings. The normalized spacial score (nSPS) is 15.5. The van der Waals surface area contributed by atoms with Crippen LogP contribution in [-0.2, 0) is 0 Å². The average Bonchev–Trinajstić information content (AvgIpc) is 2.55. The zero-order valence-corrected chi connectivity index (χ0v) is 13.1. The first-order chi connectivity index (χ1) is 11.1. The van der Waals surface area contributed by atoms with Gasteiger partial charge in [-0.2, -0.15) is 0 Å². The predicted molar refractivity (Wildman–Crippen MR) is 87.9 cm³/mol. The van der Waals surface area contributed by atoms with Crippen LogP contribution in [0.3, 0.4) is 0 Å². The van der Waals surface area contributed by atoms with Gasteiger partial charge < -0.3 is 10.2 Å². The molecule has 2 heterocycles. The molecule has 120 valence electrons. The van der Waals surface area contributed by atoms with Gasteiger partial charge in [-0.25, -0.2) is 9.37 Å². The van der Waals surface area contributed by atoms with Crippen LogP contribution in [0, 0.1) is 12.7 Å². The van der Waals surface area contributed by atoms with Crippen molar-refractivity contribution in [1.29, 1.82) is 0 Å². The quantitative estimate of drug-likeness (QED) is 0.946. The molecule has 1 aliphatic rings. The molecule has 5 heteroatoms. The Bertz CT molecular complexity index is 696. The number of hydrogen-bond donors (Lipinski definition) is 1. The van der Waals surface area contributed by atoms with Crippen LogP contribution in [0.2, 0.25) is 0 Å². The third-order valence-corrected chi connectivity index (χ3v) is 4.09. The van der Waals surface area contributed by atoms with Gasteiger partial charge in [0, 0.05) is 30.4 Å². The molecule has 23 heavy (non-hydrogen) atoms. The fourth-order valence-corrected chi connectivity index (χ4v) is 2.86. The van der Waals surface area contributed by atoms with Crippen LogP contribution in [0.25, 0.3) is 0 Å². The Morgan fingerprint density at radius 3 is 2.65 bits per heavy atom. The Kier molecular flexibility index (Phi) is 4.55. The Labute approximate surface area is 135 Å². The van der Waals surface area contributed by atoms with Crippen LogP contribution >= 0.6 is 0 Å². The number of likely N-dealkylation sites (tertiary alicyclic amines) is 1. The largest absolute Gasteiger partial charge is 0.367 e. The number of anilines is 1. The smallest absolute Gasteiger partial charge is 0.253 e. The number of carbonyl (C=O) groups excluding carboxylic acids is 1. The van der Waals surface area contributed by atoms with Crippen LogP contribution in [0.4, 0.5) is 10.2 Å². The number of rotatable bonds is 3. The molecule has 0 atom stereocenters. The molecule has 1 aromatic heterocycles. The van der Waals surface area contributed by atoms with Gasteiger partial charge >= 0.3 is 0 Å². The van der Waals surface area contributed by atoms with Gasteiger partial charge in [-0.1, -0.05) is 12.1 Å². The van der Waals surface area contributed by atoms with Crippen LogP contribution < -0.4 is 5.32 Å². The molecule has 0 aliphatic carbocycles. The number of pyridine rings is 1. The standard InChI is InChI=1S/C18H20FN3O/c1-13-4-2-7-17(20-13)21-16-8-10-22(11-9-16)18(23)14-5-3-6-15(19)12-14/h2-7,12,16H,8-11H2,1H3,(H,20,21). The number of piperidine rings is 1. The summed E-state index contributed by atoms with van der Waals surface area (Å²) in [5.41, 5.74) is 1.39. The van der Waals surface area contributed by atoms with Crippen molar-refractivity contribution in [3.63, 3.8) is 0 Å². The van der Waals surface area contributed by atoms with E-state index in [2.05, 4.69) is 10.3 Å². The lowest BCUT2D eigenvalue weighted by molar-refractivity contribution is 0.0718. The maximum atomic E-state index is 13.2. The number of aryl methyl sites for hydroxylation is 1. The molecule has 3 rings (SSSR count). The van der Waals surface area contributed by atoms with Gasteiger partial charge in [0.25, 0.3) is 5.91 Å². The minimum Gasteiger partial charge on any atom is -0.367 e. The lowest BCUT2D eigenvalue weighted by Crippen LogP contribution is -2.42. The molecule has 0 saturated carbocycles. The van der Waals surface area contributed by atoms with Crippen molar-refractivity contribution in [3.05, 3.63) is 59.5 Å². The maximum absolute atomic E-state index is 13.2. The topological polar surface area (TPSA) is 45.2 Å². The molecule has 1 N–H and O–H groups in total. The van der Waals surface area contributed by atoms with E-state index < -0.39 is 0 Å². The second-order valence-corrected chi connectivity index (χ2v) is 5.89. The van der Waals surface area contributed by atoms with Crippen LogP contribution in [0.1, 0.15) is 28.9 Å². The van der Waals surface area contributed by atoms with Gasteiger partial charge in [-0.05, 0) is 50.1 Å². The molecular weight excluding hydrogens is 293 g/mol. The number of nitrogens with one attached hydrogen (secondary N) is 1. The van der Waals surface area contributed by atoms with Gasteiger partial charge in [-0.15, -0.1) is 0 Å². The highest BCUT2D eigenvalue weighted by molar-refractivity contribution is 5.94. The van der Waals surface area contributed by atoms with Crippen molar-refractivity contribution >= 4 is 11.7 Å². The monoisotopic (exact) mass is 313 g/mol. The molecule has 1 aromatic carbocycles. The summed E-state index contributed by atoms with van der Waals surface area (Å²) >= 11 is 0. The van der Waals surface area contributed by atoms with Crippen molar-refractivity contribution in [2.45, 2.75) is 25.8 Å². The number of aromatic nitrogens is 1. The number of carbonyl (C=O) groups is 1. The number of benzene rings is 1. The molecule has 1 amide bonds. The first kappa shape index (κ1) is 15.5. The number of hydrogen-bond acceptors (Lipinski definition) is 3. The Morgan fingerprint density at radius 1 is 1.22 bits per heavy atom. The van der Waals surface area contributed by atoms with E-state index in [1.165, 1.54) is 12.1 Å². The summed E-state index contributed by atoms with van der Waals surface area (Å²) in [6.07, 6.45) is 1.72. The fourth-order valence-electron chi connectivity index (χ4n) is 2.86. The van der Waals surface area contributed by atoms with Gasteiger partial charge in [0.15, 0.2) is 0 Å². The lowest BCUT2D eigenvalue weighted by Gasteiger charge is -2.32. The minimum absolute atomic E-state index is 0.100. The number of amides is 1. The molecule has 0 spiro atoms. The Hall–Kier alpha value is -2.43. The van der Waals surface area contributed by atoms with E-state index in [0.717, 1.165) is 24.4 Å². The third kappa shape index (κ3) is 3.86. The SMILES string of the molecule is Cc1cccc(NC2CCN(C(=O)c3cccc(F)c3)CC2)n1. The van der Waals surface area contributed by atoms with E-state index in [-0.39, 0.29) is 11.7 Å². The summed E-state index contributed by atoms with van der Waals surface area (Å²) in [6, 6.07) is 12.1. The van der Waals surface area contributed by atoms with Crippen molar-refractivity contribution in [2.24, 2.45) is 0 Å². The van der Waals surface area contributed by atoms with Crippen LogP contribution in [0.5, 0.6) is 0 Å². The Morgan fingerprint density at radius 2 is 1.96 bits per heavy atom. The fraction of sp³-hybridized carbons (Fsp3) is 0.333. The lowest BCUT2D eigenvalue weighted by atomic mass is 10.0. The number of nitrogens with zero attached hydrogens (tertiary/aromatic N) is 2. The summed E-state index contributed by atoms with van der Waals surface area (Å²) < 4.78 is 13.2. The first-order valence-electron chi connectivity index (χ1n) is 7.87. The maximum Gasteiger partial charge on any atom is 0.253 e. The first-order valence-corrected chi connectivity index (χ1v) is 7.87. The Balaban J connectivity index is 1.57. The molecule has 1 aliphatic heterocycles. The number of halogens is 1. The van der Waals surface area contributed by atoms with E-state index in [4.69, 9.17) is 0 Å². The minimum atomic E-state index is -0.377. The molecule has 0 unspecified atom stereocenters. The van der Waals surface area contributed by atoms with Crippen molar-refractivity contribution in [1.82, 2.24) is 9.88 Å². The average molecular weight is 313 g/mol. The van der Waals surface area contributed by atoms with Gasteiger partial charge in [0.1, 0.15) is 11.6 Å². The highest BCUT2D eigenvalue weighted by atomic mass is 19.1. The highest BCUT2D eigenvalue weighted by Gasteiger charge is 2.23. The van der Waals surface area contributed by atoms with Gasteiger partial charge in [0.2, 0.25) is 0 Å². The van der Waals surface area contributed by atoms with E-state index in [0.29, 0.717) is 24.7 Å². The zero-order chi connectivity index (χ0) is 16.2. The highest BCUT2D eigenvalue weighted by Crippen LogP contribution is 2.18. The van der Waals surface area contributed by atoms with E-state index in [1.807, 2.05) is 25.1 Å². The zero-order valence-electron chi connectivity index (χ0n) is 13.1. The van der Waals surface area contributed by atoms with Crippen molar-refractivity contribution in [3.8, 4) is 0 Å². The molecular formula is C18H20FN3O. The van der Waals surface area contributed by atoms with Crippen LogP contribution in [-0.4, -0.2) is 34.9 Å². The van der Waals surface area contributed by atoms with E-state index >= 15 is 0 Å². The van der Waals surface area contributed by atoms with Gasteiger partial charge in [0.05, 0.1) is 0 Å². The molecule has 0 bridgehead atoms. The second kappa shape index (κ2) is 6.77. The summed E-state index contributed by atoms with van der Waals surface area (Å²) in [4.78, 5) is 18.6. The molecule has 4 nitrogen and oxygen atoms in total. The molecule has 2 aromatic rings. The van der Waals surface area contributed by atoms with Crippen LogP contribution in [0.15, 0.2) is 42.5 Å². The summed E-state index contributed by atoms with van der Waals surface area (Å²) in [6.45, 7) is 3.29. The third-order valence-electron chi connectivity index (χ3n) is 4.09. The summed E-state index contributed by atoms with van der Waals surface area (Å²) in [5, 5.41) is 3.42. The summed E-state index contributed by atoms with van der Waals surface area (Å²) in [5.74, 6) is 0.398. The predicted octanol–water partition coefficient (Wildman–Crippen LogP) is 3.25.